The first kappa shape index (κ1) is 12.0. The summed E-state index contributed by atoms with van der Waals surface area (Å²) in [6.45, 7) is 0. The number of halogens is 1. The number of alkyl halides is 1. The Hall–Kier alpha value is -2.06. The van der Waals surface area contributed by atoms with Crippen molar-refractivity contribution in [1.29, 1.82) is 0 Å². The van der Waals surface area contributed by atoms with E-state index < -0.39 is 0 Å². The number of hydrogen-bond donors (Lipinski definition) is 0. The molecule has 0 aliphatic heterocycles. The maximum absolute atomic E-state index is 5.96. The molecule has 0 radical (unpaired) electrons. The van der Waals surface area contributed by atoms with Gasteiger partial charge in [-0.2, -0.15) is 0 Å². The lowest BCUT2D eigenvalue weighted by molar-refractivity contribution is 0.426. The Morgan fingerprint density at radius 3 is 2.00 bits per heavy atom. The molecule has 0 N–H and O–H groups in total. The predicted molar refractivity (Wildman–Crippen MR) is 76.9 cm³/mol. The van der Waals surface area contributed by atoms with Crippen LogP contribution in [0.2, 0.25) is 0 Å². The summed E-state index contributed by atoms with van der Waals surface area (Å²) in [7, 11) is 0. The first-order valence-electron chi connectivity index (χ1n) is 6.05. The summed E-state index contributed by atoms with van der Waals surface area (Å²) in [6.07, 6.45) is 0. The van der Waals surface area contributed by atoms with E-state index >= 15 is 0 Å². The van der Waals surface area contributed by atoms with Crippen LogP contribution in [0.4, 0.5) is 0 Å². The largest absolute Gasteiger partial charge is 0.355 e. The van der Waals surface area contributed by atoms with E-state index in [9.17, 15) is 0 Å². The van der Waals surface area contributed by atoms with Gasteiger partial charge in [0.2, 0.25) is 0 Å². The van der Waals surface area contributed by atoms with Crippen LogP contribution in [0, 0.1) is 0 Å². The van der Waals surface area contributed by atoms with Crippen molar-refractivity contribution in [1.82, 2.24) is 5.16 Å². The molecule has 0 bridgehead atoms. The minimum Gasteiger partial charge on any atom is -0.355 e. The van der Waals surface area contributed by atoms with Crippen molar-refractivity contribution >= 4 is 11.6 Å². The van der Waals surface area contributed by atoms with E-state index in [1.54, 1.807) is 0 Å². The molecule has 0 aliphatic rings. The molecule has 1 heterocycles. The third-order valence-electron chi connectivity index (χ3n) is 2.99. The SMILES string of the molecule is ClCc1noc(-c2ccccc2)c1-c1ccccc1. The Bertz CT molecular complexity index is 662. The molecule has 1 aromatic heterocycles. The third kappa shape index (κ3) is 2.27. The molecule has 94 valence electrons. The van der Waals surface area contributed by atoms with Gasteiger partial charge < -0.3 is 4.52 Å². The van der Waals surface area contributed by atoms with Crippen molar-refractivity contribution < 1.29 is 4.52 Å². The van der Waals surface area contributed by atoms with Crippen molar-refractivity contribution in [3.63, 3.8) is 0 Å². The number of aromatic nitrogens is 1. The number of hydrogen-bond acceptors (Lipinski definition) is 2. The lowest BCUT2D eigenvalue weighted by atomic mass is 10.00. The first-order chi connectivity index (χ1) is 9.40. The highest BCUT2D eigenvalue weighted by Crippen LogP contribution is 2.35. The average Bonchev–Trinajstić information content (AvgIpc) is 2.93. The van der Waals surface area contributed by atoms with Crippen LogP contribution in [0.25, 0.3) is 22.5 Å². The van der Waals surface area contributed by atoms with Gasteiger partial charge in [-0.1, -0.05) is 65.8 Å². The number of benzene rings is 2. The van der Waals surface area contributed by atoms with Gasteiger partial charge >= 0.3 is 0 Å². The lowest BCUT2D eigenvalue weighted by Gasteiger charge is -2.03. The molecule has 0 amide bonds. The van der Waals surface area contributed by atoms with Gasteiger partial charge in [-0.15, -0.1) is 11.6 Å². The van der Waals surface area contributed by atoms with Gasteiger partial charge in [-0.05, 0) is 5.56 Å². The summed E-state index contributed by atoms with van der Waals surface area (Å²) >= 11 is 5.96. The summed E-state index contributed by atoms with van der Waals surface area (Å²) in [5.41, 5.74) is 3.82. The second-order valence-electron chi connectivity index (χ2n) is 4.20. The van der Waals surface area contributed by atoms with Gasteiger partial charge in [0.1, 0.15) is 5.69 Å². The maximum Gasteiger partial charge on any atom is 0.174 e. The van der Waals surface area contributed by atoms with Crippen molar-refractivity contribution in [3.05, 3.63) is 66.4 Å². The van der Waals surface area contributed by atoms with Crippen LogP contribution in [-0.2, 0) is 5.88 Å². The second kappa shape index (κ2) is 5.29. The molecule has 0 aliphatic carbocycles. The molecule has 0 saturated heterocycles. The zero-order valence-electron chi connectivity index (χ0n) is 10.2. The molecule has 0 unspecified atom stereocenters. The van der Waals surface area contributed by atoms with Crippen molar-refractivity contribution in [2.75, 3.05) is 0 Å². The number of rotatable bonds is 3. The second-order valence-corrected chi connectivity index (χ2v) is 4.47. The smallest absolute Gasteiger partial charge is 0.174 e. The molecule has 0 saturated carbocycles. The minimum atomic E-state index is 0.334. The van der Waals surface area contributed by atoms with Crippen LogP contribution in [0.3, 0.4) is 0 Å². The standard InChI is InChI=1S/C16H12ClNO/c17-11-14-15(12-7-3-1-4-8-12)16(19-18-14)13-9-5-2-6-10-13/h1-10H,11H2. The average molecular weight is 270 g/mol. The quantitative estimate of drug-likeness (QED) is 0.642. The molecular weight excluding hydrogens is 258 g/mol. The number of nitrogens with zero attached hydrogens (tertiary/aromatic N) is 1. The minimum absolute atomic E-state index is 0.334. The fraction of sp³-hybridized carbons (Fsp3) is 0.0625. The van der Waals surface area contributed by atoms with Gasteiger partial charge in [-0.25, -0.2) is 0 Å². The maximum atomic E-state index is 5.96. The molecule has 0 spiro atoms. The molecule has 2 nitrogen and oxygen atoms in total. The summed E-state index contributed by atoms with van der Waals surface area (Å²) in [5, 5.41) is 4.08. The van der Waals surface area contributed by atoms with Gasteiger partial charge in [-0.3, -0.25) is 0 Å². The Kier molecular flexibility index (Phi) is 3.34. The van der Waals surface area contributed by atoms with E-state index in [1.165, 1.54) is 0 Å². The van der Waals surface area contributed by atoms with E-state index in [-0.39, 0.29) is 0 Å². The zero-order chi connectivity index (χ0) is 13.1. The topological polar surface area (TPSA) is 26.0 Å². The summed E-state index contributed by atoms with van der Waals surface area (Å²) in [6, 6.07) is 20.0. The van der Waals surface area contributed by atoms with E-state index in [0.29, 0.717) is 5.88 Å². The Labute approximate surface area is 116 Å². The van der Waals surface area contributed by atoms with Crippen LogP contribution < -0.4 is 0 Å². The van der Waals surface area contributed by atoms with Crippen LogP contribution in [0.15, 0.2) is 65.2 Å². The van der Waals surface area contributed by atoms with Crippen LogP contribution in [-0.4, -0.2) is 5.16 Å². The first-order valence-corrected chi connectivity index (χ1v) is 6.59. The summed E-state index contributed by atoms with van der Waals surface area (Å²) in [4.78, 5) is 0. The highest BCUT2D eigenvalue weighted by Gasteiger charge is 2.18. The van der Waals surface area contributed by atoms with Crippen LogP contribution in [0.1, 0.15) is 5.69 Å². The molecular formula is C16H12ClNO. The molecule has 3 rings (SSSR count). The summed E-state index contributed by atoms with van der Waals surface area (Å²) < 4.78 is 5.49. The van der Waals surface area contributed by atoms with Gasteiger partial charge in [0.15, 0.2) is 5.76 Å². The van der Waals surface area contributed by atoms with E-state index in [0.717, 1.165) is 28.1 Å². The molecule has 3 heteroatoms. The fourth-order valence-corrected chi connectivity index (χ4v) is 2.29. The third-order valence-corrected chi connectivity index (χ3v) is 3.24. The Morgan fingerprint density at radius 2 is 1.42 bits per heavy atom. The van der Waals surface area contributed by atoms with E-state index in [4.69, 9.17) is 16.1 Å². The predicted octanol–water partition coefficient (Wildman–Crippen LogP) is 4.75. The molecule has 2 aromatic carbocycles. The molecule has 0 fully saturated rings. The van der Waals surface area contributed by atoms with Crippen molar-refractivity contribution in [3.8, 4) is 22.5 Å². The molecule has 19 heavy (non-hydrogen) atoms. The van der Waals surface area contributed by atoms with E-state index in [2.05, 4.69) is 5.16 Å². The highest BCUT2D eigenvalue weighted by atomic mass is 35.5. The summed E-state index contributed by atoms with van der Waals surface area (Å²) in [5.74, 6) is 1.10. The Morgan fingerprint density at radius 1 is 0.842 bits per heavy atom. The van der Waals surface area contributed by atoms with Crippen molar-refractivity contribution in [2.45, 2.75) is 5.88 Å². The molecule has 3 aromatic rings. The van der Waals surface area contributed by atoms with Crippen LogP contribution in [0.5, 0.6) is 0 Å². The molecule has 0 atom stereocenters. The monoisotopic (exact) mass is 269 g/mol. The van der Waals surface area contributed by atoms with E-state index in [1.807, 2.05) is 60.7 Å². The normalized spacial score (nSPS) is 10.6. The zero-order valence-corrected chi connectivity index (χ0v) is 11.0. The van der Waals surface area contributed by atoms with Crippen LogP contribution >= 0.6 is 11.6 Å². The Balaban J connectivity index is 2.20. The van der Waals surface area contributed by atoms with Crippen molar-refractivity contribution in [2.24, 2.45) is 0 Å². The lowest BCUT2D eigenvalue weighted by Crippen LogP contribution is -1.85. The van der Waals surface area contributed by atoms with Gasteiger partial charge in [0.25, 0.3) is 0 Å². The fourth-order valence-electron chi connectivity index (χ4n) is 2.10. The van der Waals surface area contributed by atoms with Gasteiger partial charge in [0.05, 0.1) is 11.4 Å². The van der Waals surface area contributed by atoms with Gasteiger partial charge in [0, 0.05) is 5.56 Å². The highest BCUT2D eigenvalue weighted by molar-refractivity contribution is 6.17.